The van der Waals surface area contributed by atoms with Crippen molar-refractivity contribution in [2.75, 3.05) is 39.5 Å². The Kier molecular flexibility index (Phi) is 5.78. The van der Waals surface area contributed by atoms with Gasteiger partial charge in [0.25, 0.3) is 0 Å². The van der Waals surface area contributed by atoms with Crippen LogP contribution in [0.15, 0.2) is 42.5 Å². The Morgan fingerprint density at radius 3 is 2.57 bits per heavy atom. The van der Waals surface area contributed by atoms with E-state index in [1.54, 1.807) is 0 Å². The molecular formula is C22H27N3O3. The first-order chi connectivity index (χ1) is 13.7. The lowest BCUT2D eigenvalue weighted by atomic mass is 10.1. The first-order valence-corrected chi connectivity index (χ1v) is 9.82. The van der Waals surface area contributed by atoms with Crippen LogP contribution in [0.5, 0.6) is 11.5 Å². The van der Waals surface area contributed by atoms with Gasteiger partial charge in [-0.15, -0.1) is 0 Å². The fourth-order valence-electron chi connectivity index (χ4n) is 3.66. The standard InChI is InChI=1S/C22H27N3O3/c1-17-4-2-3-5-19(17)13-23-22(26)15-25-10-8-24(9-11-25)14-18-6-7-20-21(12-18)28-16-27-20/h2-7,12H,8-11,13-16H2,1H3,(H,23,26). The summed E-state index contributed by atoms with van der Waals surface area (Å²) in [6, 6.07) is 14.3. The average Bonchev–Trinajstić information content (AvgIpc) is 3.17. The second-order valence-corrected chi connectivity index (χ2v) is 7.44. The summed E-state index contributed by atoms with van der Waals surface area (Å²) in [4.78, 5) is 16.9. The molecule has 0 unspecified atom stereocenters. The van der Waals surface area contributed by atoms with E-state index in [2.05, 4.69) is 46.3 Å². The Balaban J connectivity index is 1.20. The van der Waals surface area contributed by atoms with E-state index in [0.29, 0.717) is 19.9 Å². The summed E-state index contributed by atoms with van der Waals surface area (Å²) in [6.07, 6.45) is 0. The summed E-state index contributed by atoms with van der Waals surface area (Å²) in [7, 11) is 0. The first kappa shape index (κ1) is 18.8. The molecule has 2 aliphatic heterocycles. The van der Waals surface area contributed by atoms with E-state index in [0.717, 1.165) is 44.2 Å². The van der Waals surface area contributed by atoms with Gasteiger partial charge in [0.05, 0.1) is 6.54 Å². The third-order valence-electron chi connectivity index (χ3n) is 5.41. The fourth-order valence-corrected chi connectivity index (χ4v) is 3.66. The molecule has 4 rings (SSSR count). The van der Waals surface area contributed by atoms with Gasteiger partial charge in [0, 0.05) is 39.3 Å². The predicted octanol–water partition coefficient (Wildman–Crippen LogP) is 2.16. The summed E-state index contributed by atoms with van der Waals surface area (Å²) in [5.74, 6) is 1.75. The van der Waals surface area contributed by atoms with Crippen molar-refractivity contribution in [1.29, 1.82) is 0 Å². The normalized spacial score (nSPS) is 16.9. The number of benzene rings is 2. The second kappa shape index (κ2) is 8.63. The Morgan fingerprint density at radius 1 is 1.00 bits per heavy atom. The number of piperazine rings is 1. The topological polar surface area (TPSA) is 54.0 Å². The predicted molar refractivity (Wildman–Crippen MR) is 107 cm³/mol. The maximum absolute atomic E-state index is 12.3. The van der Waals surface area contributed by atoms with Crippen molar-refractivity contribution in [3.8, 4) is 11.5 Å². The number of carbonyl (C=O) groups excluding carboxylic acids is 1. The van der Waals surface area contributed by atoms with Crippen LogP contribution in [-0.2, 0) is 17.9 Å². The van der Waals surface area contributed by atoms with Crippen LogP contribution < -0.4 is 14.8 Å². The van der Waals surface area contributed by atoms with Gasteiger partial charge >= 0.3 is 0 Å². The number of fused-ring (bicyclic) bond motifs is 1. The SMILES string of the molecule is Cc1ccccc1CNC(=O)CN1CCN(Cc2ccc3c(c2)OCO3)CC1. The summed E-state index contributed by atoms with van der Waals surface area (Å²) < 4.78 is 10.8. The van der Waals surface area contributed by atoms with E-state index in [1.807, 2.05) is 18.2 Å². The summed E-state index contributed by atoms with van der Waals surface area (Å²) in [5, 5.41) is 3.04. The maximum Gasteiger partial charge on any atom is 0.234 e. The molecule has 0 spiro atoms. The molecule has 1 fully saturated rings. The lowest BCUT2D eigenvalue weighted by Crippen LogP contribution is -2.49. The molecule has 2 aliphatic rings. The molecule has 2 aromatic carbocycles. The molecule has 0 aromatic heterocycles. The largest absolute Gasteiger partial charge is 0.454 e. The molecule has 1 saturated heterocycles. The molecule has 1 N–H and O–H groups in total. The minimum Gasteiger partial charge on any atom is -0.454 e. The Hall–Kier alpha value is -2.57. The highest BCUT2D eigenvalue weighted by Gasteiger charge is 2.20. The van der Waals surface area contributed by atoms with Crippen molar-refractivity contribution < 1.29 is 14.3 Å². The number of hydrogen-bond acceptors (Lipinski definition) is 5. The minimum atomic E-state index is 0.0903. The van der Waals surface area contributed by atoms with Crippen molar-refractivity contribution in [3.05, 3.63) is 59.2 Å². The molecule has 0 aliphatic carbocycles. The van der Waals surface area contributed by atoms with Gasteiger partial charge in [-0.25, -0.2) is 0 Å². The number of aryl methyl sites for hydroxylation is 1. The average molecular weight is 381 g/mol. The van der Waals surface area contributed by atoms with E-state index < -0.39 is 0 Å². The zero-order valence-corrected chi connectivity index (χ0v) is 16.3. The molecule has 0 radical (unpaired) electrons. The summed E-state index contributed by atoms with van der Waals surface area (Å²) >= 11 is 0. The van der Waals surface area contributed by atoms with Gasteiger partial charge in [0.15, 0.2) is 11.5 Å². The van der Waals surface area contributed by atoms with Crippen LogP contribution in [-0.4, -0.2) is 55.2 Å². The molecule has 1 amide bonds. The van der Waals surface area contributed by atoms with Crippen LogP contribution in [0.1, 0.15) is 16.7 Å². The number of nitrogens with one attached hydrogen (secondary N) is 1. The van der Waals surface area contributed by atoms with E-state index >= 15 is 0 Å². The number of carbonyl (C=O) groups is 1. The molecular weight excluding hydrogens is 354 g/mol. The number of hydrogen-bond donors (Lipinski definition) is 1. The van der Waals surface area contributed by atoms with Gasteiger partial charge in [0.1, 0.15) is 0 Å². The van der Waals surface area contributed by atoms with Crippen LogP contribution in [0.4, 0.5) is 0 Å². The van der Waals surface area contributed by atoms with Crippen molar-refractivity contribution in [3.63, 3.8) is 0 Å². The summed E-state index contributed by atoms with van der Waals surface area (Å²) in [6.45, 7) is 8.05. The van der Waals surface area contributed by atoms with Crippen molar-refractivity contribution >= 4 is 5.91 Å². The van der Waals surface area contributed by atoms with Gasteiger partial charge in [-0.2, -0.15) is 0 Å². The van der Waals surface area contributed by atoms with Gasteiger partial charge in [-0.3, -0.25) is 14.6 Å². The molecule has 0 atom stereocenters. The minimum absolute atomic E-state index is 0.0903. The maximum atomic E-state index is 12.3. The van der Waals surface area contributed by atoms with Gasteiger partial charge in [-0.05, 0) is 35.7 Å². The van der Waals surface area contributed by atoms with Crippen LogP contribution in [0.2, 0.25) is 0 Å². The molecule has 6 heteroatoms. The number of rotatable bonds is 6. The third kappa shape index (κ3) is 4.64. The van der Waals surface area contributed by atoms with Crippen LogP contribution in [0.3, 0.4) is 0 Å². The molecule has 2 aromatic rings. The number of ether oxygens (including phenoxy) is 2. The molecule has 2 heterocycles. The first-order valence-electron chi connectivity index (χ1n) is 9.82. The fraction of sp³-hybridized carbons (Fsp3) is 0.409. The molecule has 6 nitrogen and oxygen atoms in total. The summed E-state index contributed by atoms with van der Waals surface area (Å²) in [5.41, 5.74) is 3.61. The lowest BCUT2D eigenvalue weighted by molar-refractivity contribution is -0.122. The Bertz CT molecular complexity index is 832. The van der Waals surface area contributed by atoms with E-state index in [9.17, 15) is 4.79 Å². The molecule has 0 saturated carbocycles. The lowest BCUT2D eigenvalue weighted by Gasteiger charge is -2.34. The van der Waals surface area contributed by atoms with Gasteiger partial charge in [0.2, 0.25) is 12.7 Å². The second-order valence-electron chi connectivity index (χ2n) is 7.44. The van der Waals surface area contributed by atoms with Crippen molar-refractivity contribution in [2.45, 2.75) is 20.0 Å². The van der Waals surface area contributed by atoms with Gasteiger partial charge in [-0.1, -0.05) is 30.3 Å². The highest BCUT2D eigenvalue weighted by molar-refractivity contribution is 5.78. The zero-order valence-electron chi connectivity index (χ0n) is 16.3. The highest BCUT2D eigenvalue weighted by atomic mass is 16.7. The Labute approximate surface area is 166 Å². The van der Waals surface area contributed by atoms with Crippen LogP contribution >= 0.6 is 0 Å². The number of amides is 1. The van der Waals surface area contributed by atoms with Crippen LogP contribution in [0, 0.1) is 6.92 Å². The van der Waals surface area contributed by atoms with Crippen molar-refractivity contribution in [2.24, 2.45) is 0 Å². The number of nitrogens with zero attached hydrogens (tertiary/aromatic N) is 2. The van der Waals surface area contributed by atoms with E-state index in [-0.39, 0.29) is 5.91 Å². The highest BCUT2D eigenvalue weighted by Crippen LogP contribution is 2.32. The Morgan fingerprint density at radius 2 is 1.75 bits per heavy atom. The monoisotopic (exact) mass is 381 g/mol. The third-order valence-corrected chi connectivity index (χ3v) is 5.41. The quantitative estimate of drug-likeness (QED) is 0.831. The van der Waals surface area contributed by atoms with E-state index in [1.165, 1.54) is 16.7 Å². The zero-order chi connectivity index (χ0) is 19.3. The molecule has 148 valence electrons. The van der Waals surface area contributed by atoms with Crippen LogP contribution in [0.25, 0.3) is 0 Å². The van der Waals surface area contributed by atoms with E-state index in [4.69, 9.17) is 9.47 Å². The molecule has 0 bridgehead atoms. The smallest absolute Gasteiger partial charge is 0.234 e. The van der Waals surface area contributed by atoms with Crippen molar-refractivity contribution in [1.82, 2.24) is 15.1 Å². The molecule has 28 heavy (non-hydrogen) atoms. The van der Waals surface area contributed by atoms with Gasteiger partial charge < -0.3 is 14.8 Å².